The molecule has 2 aromatic rings. The average molecular weight is 347 g/mol. The predicted molar refractivity (Wildman–Crippen MR) is 93.4 cm³/mol. The highest BCUT2D eigenvalue weighted by atomic mass is 32.2. The van der Waals surface area contributed by atoms with Crippen LogP contribution in [0.4, 0.5) is 5.69 Å². The average Bonchev–Trinajstić information content (AvgIpc) is 2.60. The molecule has 3 rings (SSSR count). The van der Waals surface area contributed by atoms with Crippen LogP contribution in [0.5, 0.6) is 11.5 Å². The standard InChI is InChI=1S/C18H21NO4S/c1-13-8-9-14-6-4-5-7-16(14)19(13)24(20,21)15-10-11-17(22-2)18(12-15)23-3/h4-7,10-13H,8-9H2,1-3H3/t13-/m1/s1. The molecule has 0 saturated heterocycles. The van der Waals surface area contributed by atoms with E-state index in [1.807, 2.05) is 31.2 Å². The van der Waals surface area contributed by atoms with Gasteiger partial charge in [0, 0.05) is 12.1 Å². The number of hydrogen-bond donors (Lipinski definition) is 0. The van der Waals surface area contributed by atoms with Gasteiger partial charge in [-0.1, -0.05) is 18.2 Å². The van der Waals surface area contributed by atoms with E-state index in [2.05, 4.69) is 0 Å². The van der Waals surface area contributed by atoms with Crippen molar-refractivity contribution < 1.29 is 17.9 Å². The number of ether oxygens (including phenoxy) is 2. The minimum atomic E-state index is -3.68. The van der Waals surface area contributed by atoms with Crippen LogP contribution in [0.25, 0.3) is 0 Å². The largest absolute Gasteiger partial charge is 0.493 e. The normalized spacial score (nSPS) is 17.3. The van der Waals surface area contributed by atoms with Crippen LogP contribution in [-0.2, 0) is 16.4 Å². The van der Waals surface area contributed by atoms with Gasteiger partial charge in [-0.3, -0.25) is 4.31 Å². The number of anilines is 1. The van der Waals surface area contributed by atoms with Crippen molar-refractivity contribution in [2.75, 3.05) is 18.5 Å². The third-order valence-corrected chi connectivity index (χ3v) is 6.30. The summed E-state index contributed by atoms with van der Waals surface area (Å²) in [7, 11) is -0.668. The highest BCUT2D eigenvalue weighted by Gasteiger charge is 2.34. The molecule has 1 aliphatic rings. The highest BCUT2D eigenvalue weighted by Crippen LogP contribution is 2.37. The number of methoxy groups -OCH3 is 2. The summed E-state index contributed by atoms with van der Waals surface area (Å²) in [5, 5.41) is 0. The van der Waals surface area contributed by atoms with E-state index in [0.717, 1.165) is 24.1 Å². The topological polar surface area (TPSA) is 55.8 Å². The van der Waals surface area contributed by atoms with Gasteiger partial charge in [-0.2, -0.15) is 0 Å². The minimum Gasteiger partial charge on any atom is -0.493 e. The summed E-state index contributed by atoms with van der Waals surface area (Å²) in [6, 6.07) is 12.2. The third-order valence-electron chi connectivity index (χ3n) is 4.37. The molecular weight excluding hydrogens is 326 g/mol. The van der Waals surface area contributed by atoms with E-state index in [-0.39, 0.29) is 10.9 Å². The molecule has 0 aliphatic carbocycles. The highest BCUT2D eigenvalue weighted by molar-refractivity contribution is 7.92. The van der Waals surface area contributed by atoms with Gasteiger partial charge in [0.15, 0.2) is 11.5 Å². The van der Waals surface area contributed by atoms with E-state index in [9.17, 15) is 8.42 Å². The minimum absolute atomic E-state index is 0.0991. The molecular formula is C18H21NO4S. The van der Waals surface area contributed by atoms with Crippen LogP contribution in [0.2, 0.25) is 0 Å². The van der Waals surface area contributed by atoms with E-state index in [4.69, 9.17) is 9.47 Å². The summed E-state index contributed by atoms with van der Waals surface area (Å²) in [6.07, 6.45) is 1.68. The summed E-state index contributed by atoms with van der Waals surface area (Å²) in [5.74, 6) is 0.903. The van der Waals surface area contributed by atoms with Crippen LogP contribution in [0.15, 0.2) is 47.4 Å². The zero-order valence-corrected chi connectivity index (χ0v) is 14.8. The molecule has 2 aromatic carbocycles. The lowest BCUT2D eigenvalue weighted by Crippen LogP contribution is -2.42. The Morgan fingerprint density at radius 1 is 1.04 bits per heavy atom. The number of fused-ring (bicyclic) bond motifs is 1. The van der Waals surface area contributed by atoms with Crippen molar-refractivity contribution in [1.82, 2.24) is 0 Å². The van der Waals surface area contributed by atoms with Crippen LogP contribution >= 0.6 is 0 Å². The molecule has 1 aliphatic heterocycles. The van der Waals surface area contributed by atoms with E-state index in [1.54, 1.807) is 12.1 Å². The first-order valence-corrected chi connectivity index (χ1v) is 9.27. The molecule has 6 heteroatoms. The second-order valence-corrected chi connectivity index (χ2v) is 7.65. The summed E-state index contributed by atoms with van der Waals surface area (Å²) < 4.78 is 38.5. The lowest BCUT2D eigenvalue weighted by molar-refractivity contribution is 0.354. The third kappa shape index (κ3) is 2.71. The van der Waals surface area contributed by atoms with Gasteiger partial charge in [0.2, 0.25) is 0 Å². The lowest BCUT2D eigenvalue weighted by atomic mass is 9.99. The van der Waals surface area contributed by atoms with Crippen LogP contribution in [0, 0.1) is 0 Å². The lowest BCUT2D eigenvalue weighted by Gasteiger charge is -2.36. The van der Waals surface area contributed by atoms with Gasteiger partial charge >= 0.3 is 0 Å². The molecule has 24 heavy (non-hydrogen) atoms. The molecule has 5 nitrogen and oxygen atoms in total. The molecule has 0 N–H and O–H groups in total. The van der Waals surface area contributed by atoms with Gasteiger partial charge in [0.05, 0.1) is 24.8 Å². The van der Waals surface area contributed by atoms with Crippen LogP contribution < -0.4 is 13.8 Å². The van der Waals surface area contributed by atoms with E-state index in [1.165, 1.54) is 24.6 Å². The number of hydrogen-bond acceptors (Lipinski definition) is 4. The molecule has 0 unspecified atom stereocenters. The zero-order chi connectivity index (χ0) is 17.3. The van der Waals surface area contributed by atoms with Gasteiger partial charge < -0.3 is 9.47 Å². The Morgan fingerprint density at radius 2 is 1.75 bits per heavy atom. The summed E-state index contributed by atoms with van der Waals surface area (Å²) in [4.78, 5) is 0.198. The maximum atomic E-state index is 13.3. The number of benzene rings is 2. The van der Waals surface area contributed by atoms with Gasteiger partial charge in [0.1, 0.15) is 0 Å². The molecule has 0 amide bonds. The number of sulfonamides is 1. The van der Waals surface area contributed by atoms with Crippen molar-refractivity contribution in [3.05, 3.63) is 48.0 Å². The maximum Gasteiger partial charge on any atom is 0.264 e. The molecule has 1 atom stereocenters. The molecule has 0 spiro atoms. The van der Waals surface area contributed by atoms with Gasteiger partial charge in [-0.15, -0.1) is 0 Å². The Bertz CT molecular complexity index is 848. The van der Waals surface area contributed by atoms with Gasteiger partial charge in [-0.25, -0.2) is 8.42 Å². The Balaban J connectivity index is 2.11. The first kappa shape index (κ1) is 16.6. The smallest absolute Gasteiger partial charge is 0.264 e. The fraction of sp³-hybridized carbons (Fsp3) is 0.333. The quantitative estimate of drug-likeness (QED) is 0.852. The van der Waals surface area contributed by atoms with Crippen molar-refractivity contribution >= 4 is 15.7 Å². The van der Waals surface area contributed by atoms with E-state index < -0.39 is 10.0 Å². The monoisotopic (exact) mass is 347 g/mol. The molecule has 0 saturated carbocycles. The molecule has 0 fully saturated rings. The molecule has 1 heterocycles. The van der Waals surface area contributed by atoms with Crippen molar-refractivity contribution in [3.8, 4) is 11.5 Å². The molecule has 0 aromatic heterocycles. The van der Waals surface area contributed by atoms with Crippen molar-refractivity contribution in [2.24, 2.45) is 0 Å². The van der Waals surface area contributed by atoms with Crippen LogP contribution in [-0.4, -0.2) is 28.7 Å². The number of aryl methyl sites for hydroxylation is 1. The summed E-state index contributed by atoms with van der Waals surface area (Å²) in [5.41, 5.74) is 1.81. The van der Waals surface area contributed by atoms with E-state index in [0.29, 0.717) is 11.5 Å². The van der Waals surface area contributed by atoms with E-state index >= 15 is 0 Å². The maximum absolute atomic E-state index is 13.3. The van der Waals surface area contributed by atoms with Crippen LogP contribution in [0.3, 0.4) is 0 Å². The fourth-order valence-corrected chi connectivity index (χ4v) is 4.85. The Morgan fingerprint density at radius 3 is 2.46 bits per heavy atom. The summed E-state index contributed by atoms with van der Waals surface area (Å²) in [6.45, 7) is 1.94. The Kier molecular flexibility index (Phi) is 4.41. The molecule has 0 bridgehead atoms. The van der Waals surface area contributed by atoms with Crippen molar-refractivity contribution in [2.45, 2.75) is 30.7 Å². The Hall–Kier alpha value is -2.21. The van der Waals surface area contributed by atoms with Crippen molar-refractivity contribution in [3.63, 3.8) is 0 Å². The SMILES string of the molecule is COc1ccc(S(=O)(=O)N2c3ccccc3CC[C@H]2C)cc1OC. The number of para-hydroxylation sites is 1. The van der Waals surface area contributed by atoms with Crippen molar-refractivity contribution in [1.29, 1.82) is 0 Å². The number of nitrogens with zero attached hydrogens (tertiary/aromatic N) is 1. The van der Waals surface area contributed by atoms with Gasteiger partial charge in [-0.05, 0) is 43.5 Å². The van der Waals surface area contributed by atoms with Crippen LogP contribution in [0.1, 0.15) is 18.9 Å². The number of rotatable bonds is 4. The first-order chi connectivity index (χ1) is 11.5. The summed E-state index contributed by atoms with van der Waals surface area (Å²) >= 11 is 0. The first-order valence-electron chi connectivity index (χ1n) is 7.83. The molecule has 0 radical (unpaired) electrons. The van der Waals surface area contributed by atoms with Gasteiger partial charge in [0.25, 0.3) is 10.0 Å². The Labute approximate surface area is 142 Å². The fourth-order valence-electron chi connectivity index (χ4n) is 3.11. The predicted octanol–water partition coefficient (Wildman–Crippen LogP) is 3.23. The second-order valence-electron chi connectivity index (χ2n) is 5.83. The molecule has 128 valence electrons. The second kappa shape index (κ2) is 6.36. The zero-order valence-electron chi connectivity index (χ0n) is 14.0.